The molecule has 134 valence electrons. The molecule has 0 aromatic heterocycles. The highest BCUT2D eigenvalue weighted by molar-refractivity contribution is 7.80. The Labute approximate surface area is 145 Å². The van der Waals surface area contributed by atoms with Crippen molar-refractivity contribution in [3.8, 4) is 0 Å². The summed E-state index contributed by atoms with van der Waals surface area (Å²) in [6.45, 7) is 4.83. The van der Waals surface area contributed by atoms with Gasteiger partial charge in [-0.1, -0.05) is 18.2 Å². The summed E-state index contributed by atoms with van der Waals surface area (Å²) in [5, 5.41) is 3.83. The van der Waals surface area contributed by atoms with Crippen LogP contribution in [-0.4, -0.2) is 61.4 Å². The van der Waals surface area contributed by atoms with Gasteiger partial charge >= 0.3 is 6.18 Å². The fourth-order valence-electron chi connectivity index (χ4n) is 2.59. The van der Waals surface area contributed by atoms with Gasteiger partial charge in [-0.05, 0) is 23.8 Å². The minimum atomic E-state index is -4.30. The molecule has 1 saturated heterocycles. The number of nitrogens with zero attached hydrogens (tertiary/aromatic N) is 2. The molecule has 1 N–H and O–H groups in total. The van der Waals surface area contributed by atoms with Gasteiger partial charge in [0.05, 0.1) is 12.2 Å². The molecule has 0 atom stereocenters. The first-order valence-electron chi connectivity index (χ1n) is 7.80. The Morgan fingerprint density at radius 3 is 2.58 bits per heavy atom. The van der Waals surface area contributed by atoms with Crippen molar-refractivity contribution in [2.45, 2.75) is 12.7 Å². The summed E-state index contributed by atoms with van der Waals surface area (Å²) in [7, 11) is 1.64. The number of benzene rings is 1. The summed E-state index contributed by atoms with van der Waals surface area (Å²) in [4.78, 5) is 4.22. The van der Waals surface area contributed by atoms with Crippen molar-refractivity contribution in [3.05, 3.63) is 35.4 Å². The number of methoxy groups -OCH3 is 1. The van der Waals surface area contributed by atoms with Gasteiger partial charge in [-0.15, -0.1) is 0 Å². The van der Waals surface area contributed by atoms with Crippen LogP contribution in [0.4, 0.5) is 13.2 Å². The number of ether oxygens (including phenoxy) is 1. The van der Waals surface area contributed by atoms with E-state index in [1.165, 1.54) is 12.1 Å². The molecule has 0 saturated carbocycles. The predicted octanol–water partition coefficient (Wildman–Crippen LogP) is 2.34. The van der Waals surface area contributed by atoms with Crippen molar-refractivity contribution in [1.29, 1.82) is 0 Å². The zero-order chi connectivity index (χ0) is 17.6. The Bertz CT molecular complexity index is 546. The van der Waals surface area contributed by atoms with Crippen molar-refractivity contribution in [1.82, 2.24) is 15.1 Å². The van der Waals surface area contributed by atoms with Crippen LogP contribution in [0.5, 0.6) is 0 Å². The van der Waals surface area contributed by atoms with Crippen LogP contribution in [0.2, 0.25) is 0 Å². The van der Waals surface area contributed by atoms with Crippen LogP contribution < -0.4 is 5.32 Å². The third-order valence-corrected chi connectivity index (χ3v) is 4.30. The smallest absolute Gasteiger partial charge is 0.383 e. The van der Waals surface area contributed by atoms with E-state index in [4.69, 9.17) is 17.0 Å². The molecule has 1 heterocycles. The third kappa shape index (κ3) is 5.61. The summed E-state index contributed by atoms with van der Waals surface area (Å²) in [5.74, 6) is 0. The molecular weight excluding hydrogens is 339 g/mol. The summed E-state index contributed by atoms with van der Waals surface area (Å²) in [6, 6.07) is 5.52. The largest absolute Gasteiger partial charge is 0.416 e. The molecule has 4 nitrogen and oxygen atoms in total. The van der Waals surface area contributed by atoms with Gasteiger partial charge in [-0.2, -0.15) is 13.2 Å². The number of rotatable bonds is 5. The van der Waals surface area contributed by atoms with Crippen molar-refractivity contribution in [3.63, 3.8) is 0 Å². The zero-order valence-electron chi connectivity index (χ0n) is 13.6. The molecule has 0 radical (unpaired) electrons. The number of piperazine rings is 1. The van der Waals surface area contributed by atoms with E-state index in [2.05, 4.69) is 15.1 Å². The second-order valence-electron chi connectivity index (χ2n) is 5.69. The van der Waals surface area contributed by atoms with Gasteiger partial charge in [-0.3, -0.25) is 4.90 Å². The molecule has 0 bridgehead atoms. The topological polar surface area (TPSA) is 27.7 Å². The average Bonchev–Trinajstić information content (AvgIpc) is 2.55. The third-order valence-electron chi connectivity index (χ3n) is 3.90. The predicted molar refractivity (Wildman–Crippen MR) is 90.8 cm³/mol. The van der Waals surface area contributed by atoms with Crippen LogP contribution in [0.3, 0.4) is 0 Å². The molecule has 1 aliphatic rings. The quantitative estimate of drug-likeness (QED) is 0.642. The highest BCUT2D eigenvalue weighted by Gasteiger charge is 2.30. The molecular formula is C16H22F3N3OS. The van der Waals surface area contributed by atoms with Crippen LogP contribution in [0.15, 0.2) is 24.3 Å². The van der Waals surface area contributed by atoms with Gasteiger partial charge in [0.1, 0.15) is 0 Å². The second-order valence-corrected chi connectivity index (χ2v) is 6.07. The number of thiocarbonyl (C=S) groups is 1. The van der Waals surface area contributed by atoms with E-state index < -0.39 is 11.7 Å². The Balaban J connectivity index is 1.82. The molecule has 8 heteroatoms. The van der Waals surface area contributed by atoms with Gasteiger partial charge in [0.25, 0.3) is 0 Å². The second kappa shape index (κ2) is 8.64. The van der Waals surface area contributed by atoms with Gasteiger partial charge < -0.3 is 15.0 Å². The highest BCUT2D eigenvalue weighted by Crippen LogP contribution is 2.29. The first-order chi connectivity index (χ1) is 11.4. The van der Waals surface area contributed by atoms with E-state index >= 15 is 0 Å². The number of halogens is 3. The van der Waals surface area contributed by atoms with Gasteiger partial charge in [0.2, 0.25) is 0 Å². The molecule has 0 spiro atoms. The fraction of sp³-hybridized carbons (Fsp3) is 0.562. The van der Waals surface area contributed by atoms with Crippen LogP contribution in [0, 0.1) is 0 Å². The SMILES string of the molecule is COCCNC(=S)N1CCN(Cc2cccc(C(F)(F)F)c2)CC1. The van der Waals surface area contributed by atoms with E-state index in [1.54, 1.807) is 13.2 Å². The van der Waals surface area contributed by atoms with E-state index in [0.717, 1.165) is 32.2 Å². The molecule has 1 aliphatic heterocycles. The maximum absolute atomic E-state index is 12.8. The van der Waals surface area contributed by atoms with E-state index in [1.807, 2.05) is 0 Å². The maximum atomic E-state index is 12.8. The molecule has 0 unspecified atom stereocenters. The minimum Gasteiger partial charge on any atom is -0.383 e. The fourth-order valence-corrected chi connectivity index (χ4v) is 2.87. The van der Waals surface area contributed by atoms with E-state index in [0.29, 0.717) is 30.4 Å². The van der Waals surface area contributed by atoms with Crippen LogP contribution in [-0.2, 0) is 17.5 Å². The molecule has 1 aromatic rings. The summed E-state index contributed by atoms with van der Waals surface area (Å²) in [5.41, 5.74) is 0.0845. The van der Waals surface area contributed by atoms with E-state index in [9.17, 15) is 13.2 Å². The number of hydrogen-bond donors (Lipinski definition) is 1. The van der Waals surface area contributed by atoms with Gasteiger partial charge in [0, 0.05) is 46.4 Å². The Hall–Kier alpha value is -1.38. The molecule has 1 fully saturated rings. The lowest BCUT2D eigenvalue weighted by atomic mass is 10.1. The lowest BCUT2D eigenvalue weighted by Crippen LogP contribution is -2.51. The first kappa shape index (κ1) is 19.0. The molecule has 2 rings (SSSR count). The number of alkyl halides is 3. The maximum Gasteiger partial charge on any atom is 0.416 e. The Morgan fingerprint density at radius 1 is 1.25 bits per heavy atom. The van der Waals surface area contributed by atoms with Gasteiger partial charge in [-0.25, -0.2) is 0 Å². The molecule has 24 heavy (non-hydrogen) atoms. The van der Waals surface area contributed by atoms with Crippen molar-refractivity contribution < 1.29 is 17.9 Å². The molecule has 1 aromatic carbocycles. The number of nitrogens with one attached hydrogen (secondary N) is 1. The van der Waals surface area contributed by atoms with Crippen molar-refractivity contribution in [2.24, 2.45) is 0 Å². The summed E-state index contributed by atoms with van der Waals surface area (Å²) < 4.78 is 43.3. The minimum absolute atomic E-state index is 0.516. The summed E-state index contributed by atoms with van der Waals surface area (Å²) >= 11 is 5.33. The van der Waals surface area contributed by atoms with Crippen LogP contribution in [0.25, 0.3) is 0 Å². The average molecular weight is 361 g/mol. The Kier molecular flexibility index (Phi) is 6.82. The lowest BCUT2D eigenvalue weighted by molar-refractivity contribution is -0.137. The van der Waals surface area contributed by atoms with Crippen LogP contribution >= 0.6 is 12.2 Å². The van der Waals surface area contributed by atoms with Crippen LogP contribution in [0.1, 0.15) is 11.1 Å². The Morgan fingerprint density at radius 2 is 1.96 bits per heavy atom. The highest BCUT2D eigenvalue weighted by atomic mass is 32.1. The number of hydrogen-bond acceptors (Lipinski definition) is 3. The van der Waals surface area contributed by atoms with Gasteiger partial charge in [0.15, 0.2) is 5.11 Å². The zero-order valence-corrected chi connectivity index (χ0v) is 14.4. The van der Waals surface area contributed by atoms with Crippen molar-refractivity contribution in [2.75, 3.05) is 46.4 Å². The standard InChI is InChI=1S/C16H22F3N3OS/c1-23-10-5-20-15(24)22-8-6-21(7-9-22)12-13-3-2-4-14(11-13)16(17,18)19/h2-4,11H,5-10,12H2,1H3,(H,20,24). The summed E-state index contributed by atoms with van der Waals surface area (Å²) in [6.07, 6.45) is -4.30. The molecule has 0 amide bonds. The van der Waals surface area contributed by atoms with E-state index in [-0.39, 0.29) is 0 Å². The first-order valence-corrected chi connectivity index (χ1v) is 8.21. The monoisotopic (exact) mass is 361 g/mol. The lowest BCUT2D eigenvalue weighted by Gasteiger charge is -2.36. The normalized spacial score (nSPS) is 16.2. The molecule has 0 aliphatic carbocycles. The van der Waals surface area contributed by atoms with Crippen molar-refractivity contribution >= 4 is 17.3 Å².